The van der Waals surface area contributed by atoms with E-state index in [1.165, 1.54) is 18.2 Å². The number of carbonyl (C=O) groups excluding carboxylic acids is 1. The van der Waals surface area contributed by atoms with E-state index in [-0.39, 0.29) is 16.3 Å². The predicted octanol–water partition coefficient (Wildman–Crippen LogP) is 1.12. The first kappa shape index (κ1) is 12.1. The average molecular weight is 241 g/mol. The van der Waals surface area contributed by atoms with Gasteiger partial charge in [-0.15, -0.1) is 0 Å². The van der Waals surface area contributed by atoms with E-state index in [1.807, 2.05) is 0 Å². The molecule has 5 N–H and O–H groups in total. The lowest BCUT2D eigenvalue weighted by atomic mass is 10.1. The van der Waals surface area contributed by atoms with Gasteiger partial charge in [-0.3, -0.25) is 4.79 Å². The smallest absolute Gasteiger partial charge is 0.337 e. The van der Waals surface area contributed by atoms with Crippen molar-refractivity contribution in [1.29, 1.82) is 0 Å². The highest BCUT2D eigenvalue weighted by atomic mass is 35.5. The minimum absolute atomic E-state index is 0.0365. The number of anilines is 1. The molecule has 0 atom stereocenters. The minimum atomic E-state index is -1.19. The number of hydrogen-bond acceptors (Lipinski definition) is 3. The number of aromatic carboxylic acids is 1. The Morgan fingerprint density at radius 3 is 2.50 bits per heavy atom. The second-order valence-electron chi connectivity index (χ2n) is 3.00. The first-order valence-corrected chi connectivity index (χ1v) is 4.59. The Hall–Kier alpha value is -2.01. The summed E-state index contributed by atoms with van der Waals surface area (Å²) in [6, 6.07) is 2.68. The molecule has 5 nitrogen and oxygen atoms in total. The van der Waals surface area contributed by atoms with E-state index in [1.54, 1.807) is 0 Å². The number of amides is 1. The molecule has 0 unspecified atom stereocenters. The molecule has 0 spiro atoms. The molecule has 1 amide bonds. The molecule has 1 aromatic rings. The summed E-state index contributed by atoms with van der Waals surface area (Å²) < 4.78 is 0. The van der Waals surface area contributed by atoms with Crippen LogP contribution in [0.2, 0.25) is 5.02 Å². The van der Waals surface area contributed by atoms with E-state index in [0.29, 0.717) is 5.56 Å². The fourth-order valence-electron chi connectivity index (χ4n) is 1.13. The van der Waals surface area contributed by atoms with Crippen LogP contribution < -0.4 is 11.5 Å². The fourth-order valence-corrected chi connectivity index (χ4v) is 1.35. The number of rotatable bonds is 3. The van der Waals surface area contributed by atoms with Crippen LogP contribution in [0.3, 0.4) is 0 Å². The third kappa shape index (κ3) is 2.74. The molecule has 0 aliphatic rings. The van der Waals surface area contributed by atoms with E-state index >= 15 is 0 Å². The Balaban J connectivity index is 3.29. The van der Waals surface area contributed by atoms with Crippen molar-refractivity contribution in [1.82, 2.24) is 0 Å². The van der Waals surface area contributed by atoms with Crippen molar-refractivity contribution < 1.29 is 14.7 Å². The Morgan fingerprint density at radius 2 is 2.00 bits per heavy atom. The van der Waals surface area contributed by atoms with Crippen molar-refractivity contribution in [3.63, 3.8) is 0 Å². The molecule has 84 valence electrons. The monoisotopic (exact) mass is 240 g/mol. The highest BCUT2D eigenvalue weighted by Gasteiger charge is 2.11. The normalized spacial score (nSPS) is 10.6. The zero-order chi connectivity index (χ0) is 12.3. The molecule has 0 fully saturated rings. The van der Waals surface area contributed by atoms with Gasteiger partial charge >= 0.3 is 5.97 Å². The maximum Gasteiger partial charge on any atom is 0.337 e. The van der Waals surface area contributed by atoms with Gasteiger partial charge in [0.15, 0.2) is 0 Å². The molecule has 1 rings (SSSR count). The van der Waals surface area contributed by atoms with Crippen LogP contribution in [0.25, 0.3) is 6.08 Å². The van der Waals surface area contributed by atoms with Crippen molar-refractivity contribution in [3.05, 3.63) is 34.4 Å². The highest BCUT2D eigenvalue weighted by molar-refractivity contribution is 6.31. The molecule has 6 heteroatoms. The molecule has 0 saturated heterocycles. The zero-order valence-electron chi connectivity index (χ0n) is 8.11. The Morgan fingerprint density at radius 1 is 1.38 bits per heavy atom. The van der Waals surface area contributed by atoms with Crippen LogP contribution in [0.5, 0.6) is 0 Å². The Labute approximate surface area is 96.3 Å². The summed E-state index contributed by atoms with van der Waals surface area (Å²) >= 11 is 5.71. The number of primary amides is 1. The predicted molar refractivity (Wildman–Crippen MR) is 61.1 cm³/mol. The Kier molecular flexibility index (Phi) is 3.52. The van der Waals surface area contributed by atoms with Crippen LogP contribution >= 0.6 is 11.6 Å². The number of nitrogens with two attached hydrogens (primary N) is 2. The first-order valence-electron chi connectivity index (χ1n) is 4.21. The van der Waals surface area contributed by atoms with Crippen LogP contribution in [0.4, 0.5) is 5.69 Å². The van der Waals surface area contributed by atoms with Gasteiger partial charge in [0.05, 0.1) is 11.3 Å². The van der Waals surface area contributed by atoms with Crippen LogP contribution in [0.1, 0.15) is 15.9 Å². The van der Waals surface area contributed by atoms with Gasteiger partial charge in [-0.2, -0.15) is 0 Å². The summed E-state index contributed by atoms with van der Waals surface area (Å²) in [4.78, 5) is 21.3. The number of hydrogen-bond donors (Lipinski definition) is 3. The van der Waals surface area contributed by atoms with Gasteiger partial charge in [0.2, 0.25) is 5.91 Å². The van der Waals surface area contributed by atoms with E-state index in [9.17, 15) is 9.59 Å². The quantitative estimate of drug-likeness (QED) is 0.544. The van der Waals surface area contributed by atoms with Crippen LogP contribution in [-0.4, -0.2) is 17.0 Å². The number of carboxylic acids is 1. The summed E-state index contributed by atoms with van der Waals surface area (Å²) in [6.07, 6.45) is 2.39. The molecule has 16 heavy (non-hydrogen) atoms. The topological polar surface area (TPSA) is 106 Å². The highest BCUT2D eigenvalue weighted by Crippen LogP contribution is 2.24. The van der Waals surface area contributed by atoms with Gasteiger partial charge in [-0.25, -0.2) is 4.79 Å². The molecule has 0 radical (unpaired) electrons. The zero-order valence-corrected chi connectivity index (χ0v) is 8.86. The molecule has 0 saturated carbocycles. The number of carbonyl (C=O) groups is 2. The summed E-state index contributed by atoms with van der Waals surface area (Å²) in [5.41, 5.74) is 10.8. The van der Waals surface area contributed by atoms with Crippen LogP contribution in [-0.2, 0) is 4.79 Å². The van der Waals surface area contributed by atoms with Gasteiger partial charge in [-0.05, 0) is 23.8 Å². The fraction of sp³-hybridized carbons (Fsp3) is 0. The number of benzene rings is 1. The van der Waals surface area contributed by atoms with Crippen molar-refractivity contribution in [3.8, 4) is 0 Å². The maximum absolute atomic E-state index is 10.8. The van der Waals surface area contributed by atoms with Gasteiger partial charge in [0.1, 0.15) is 0 Å². The van der Waals surface area contributed by atoms with Gasteiger partial charge in [-0.1, -0.05) is 11.6 Å². The van der Waals surface area contributed by atoms with Crippen LogP contribution in [0, 0.1) is 0 Å². The summed E-state index contributed by atoms with van der Waals surface area (Å²) in [6.45, 7) is 0. The van der Waals surface area contributed by atoms with Crippen molar-refractivity contribution in [2.24, 2.45) is 5.73 Å². The SMILES string of the molecule is NC(=O)C=Cc1cc(Cl)cc(C(=O)O)c1N. The number of halogens is 1. The van der Waals surface area contributed by atoms with Gasteiger partial charge in [0, 0.05) is 11.1 Å². The standard InChI is InChI=1S/C10H9ClN2O3/c11-6-3-5(1-2-8(12)14)9(13)7(4-6)10(15)16/h1-4H,13H2,(H2,12,14)(H,15,16). The van der Waals surface area contributed by atoms with Crippen molar-refractivity contribution in [2.75, 3.05) is 5.73 Å². The van der Waals surface area contributed by atoms with Crippen molar-refractivity contribution in [2.45, 2.75) is 0 Å². The molecular weight excluding hydrogens is 232 g/mol. The van der Waals surface area contributed by atoms with Gasteiger partial charge < -0.3 is 16.6 Å². The van der Waals surface area contributed by atoms with Crippen LogP contribution in [0.15, 0.2) is 18.2 Å². The van der Waals surface area contributed by atoms with Gasteiger partial charge in [0.25, 0.3) is 0 Å². The average Bonchev–Trinajstić information content (AvgIpc) is 2.18. The number of nitrogen functional groups attached to an aromatic ring is 1. The molecule has 0 aromatic heterocycles. The molecule has 0 bridgehead atoms. The third-order valence-electron chi connectivity index (χ3n) is 1.83. The lowest BCUT2D eigenvalue weighted by molar-refractivity contribution is -0.113. The second kappa shape index (κ2) is 4.67. The summed E-state index contributed by atoms with van der Waals surface area (Å²) in [7, 11) is 0. The lowest BCUT2D eigenvalue weighted by Gasteiger charge is -2.05. The van der Waals surface area contributed by atoms with E-state index in [0.717, 1.165) is 6.08 Å². The maximum atomic E-state index is 10.8. The van der Waals surface area contributed by atoms with E-state index in [4.69, 9.17) is 28.2 Å². The van der Waals surface area contributed by atoms with Crippen molar-refractivity contribution >= 4 is 35.2 Å². The summed E-state index contributed by atoms with van der Waals surface area (Å²) in [5.74, 6) is -1.84. The number of carboxylic acid groups (broad SMARTS) is 1. The summed E-state index contributed by atoms with van der Waals surface area (Å²) in [5, 5.41) is 9.06. The van der Waals surface area contributed by atoms with E-state index < -0.39 is 11.9 Å². The third-order valence-corrected chi connectivity index (χ3v) is 2.05. The molecule has 0 aliphatic carbocycles. The Bertz CT molecular complexity index is 483. The lowest BCUT2D eigenvalue weighted by Crippen LogP contribution is -2.06. The first-order chi connectivity index (χ1) is 7.41. The molecule has 0 aliphatic heterocycles. The van der Waals surface area contributed by atoms with E-state index in [2.05, 4.69) is 0 Å². The minimum Gasteiger partial charge on any atom is -0.478 e. The largest absolute Gasteiger partial charge is 0.478 e. The second-order valence-corrected chi connectivity index (χ2v) is 3.43. The molecule has 0 heterocycles. The molecule has 1 aromatic carbocycles. The molecular formula is C10H9ClN2O3.